The van der Waals surface area contributed by atoms with Gasteiger partial charge in [0, 0.05) is 17.0 Å². The van der Waals surface area contributed by atoms with E-state index in [-0.39, 0.29) is 11.6 Å². The molecule has 1 amide bonds. The van der Waals surface area contributed by atoms with Crippen molar-refractivity contribution in [1.29, 1.82) is 0 Å². The summed E-state index contributed by atoms with van der Waals surface area (Å²) in [4.78, 5) is 32.4. The van der Waals surface area contributed by atoms with E-state index in [1.165, 1.54) is 11.4 Å². The lowest BCUT2D eigenvalue weighted by atomic mass is 10.1. The SMILES string of the molecule is CC(=O)c1ccccc1NC(=O)c1nc2nc(C)cc(C)n2n1. The lowest BCUT2D eigenvalue weighted by Crippen LogP contribution is -2.16. The number of rotatable bonds is 3. The number of nitrogens with zero attached hydrogens (tertiary/aromatic N) is 4. The third-order valence-electron chi connectivity index (χ3n) is 3.38. The molecular weight excluding hydrogens is 294 g/mol. The second kappa shape index (κ2) is 5.60. The van der Waals surface area contributed by atoms with Gasteiger partial charge in [-0.1, -0.05) is 12.1 Å². The molecule has 1 aromatic carbocycles. The first-order valence-electron chi connectivity index (χ1n) is 7.08. The van der Waals surface area contributed by atoms with Crippen molar-refractivity contribution < 1.29 is 9.59 Å². The van der Waals surface area contributed by atoms with Crippen LogP contribution in [0.1, 0.15) is 39.3 Å². The van der Waals surface area contributed by atoms with Gasteiger partial charge in [0.15, 0.2) is 5.78 Å². The lowest BCUT2D eigenvalue weighted by molar-refractivity contribution is 0.101. The van der Waals surface area contributed by atoms with Crippen molar-refractivity contribution in [3.63, 3.8) is 0 Å². The molecule has 2 heterocycles. The Balaban J connectivity index is 1.96. The maximum atomic E-state index is 12.4. The number of para-hydroxylation sites is 1. The second-order valence-electron chi connectivity index (χ2n) is 5.24. The van der Waals surface area contributed by atoms with Crippen molar-refractivity contribution in [2.24, 2.45) is 0 Å². The van der Waals surface area contributed by atoms with Gasteiger partial charge < -0.3 is 5.32 Å². The van der Waals surface area contributed by atoms with Crippen LogP contribution < -0.4 is 5.32 Å². The number of Topliss-reactive ketones (excluding diaryl/α,β-unsaturated/α-hetero) is 1. The van der Waals surface area contributed by atoms with Crippen LogP contribution in [0.25, 0.3) is 5.78 Å². The van der Waals surface area contributed by atoms with E-state index in [0.717, 1.165) is 11.4 Å². The molecule has 1 N–H and O–H groups in total. The van der Waals surface area contributed by atoms with Crippen LogP contribution >= 0.6 is 0 Å². The summed E-state index contributed by atoms with van der Waals surface area (Å²) in [5.41, 5.74) is 2.51. The normalized spacial score (nSPS) is 10.7. The Morgan fingerprint density at radius 1 is 1.13 bits per heavy atom. The van der Waals surface area contributed by atoms with Crippen LogP contribution in [0.3, 0.4) is 0 Å². The molecule has 116 valence electrons. The van der Waals surface area contributed by atoms with Gasteiger partial charge in [0.2, 0.25) is 5.82 Å². The van der Waals surface area contributed by atoms with Crippen LogP contribution in [0.15, 0.2) is 30.3 Å². The molecule has 0 saturated carbocycles. The topological polar surface area (TPSA) is 89.2 Å². The number of aryl methyl sites for hydroxylation is 2. The molecule has 0 saturated heterocycles. The summed E-state index contributed by atoms with van der Waals surface area (Å²) >= 11 is 0. The highest BCUT2D eigenvalue weighted by atomic mass is 16.2. The van der Waals surface area contributed by atoms with Crippen LogP contribution in [0.4, 0.5) is 5.69 Å². The van der Waals surface area contributed by atoms with Gasteiger partial charge in [0.25, 0.3) is 11.7 Å². The number of nitrogens with one attached hydrogen (secondary N) is 1. The molecule has 0 aliphatic rings. The summed E-state index contributed by atoms with van der Waals surface area (Å²) in [5.74, 6) is -0.240. The number of hydrogen-bond donors (Lipinski definition) is 1. The molecule has 0 aliphatic heterocycles. The Morgan fingerprint density at radius 2 is 1.87 bits per heavy atom. The Morgan fingerprint density at radius 3 is 2.61 bits per heavy atom. The van der Waals surface area contributed by atoms with Gasteiger partial charge in [-0.15, -0.1) is 5.10 Å². The first-order valence-corrected chi connectivity index (χ1v) is 7.08. The summed E-state index contributed by atoms with van der Waals surface area (Å²) in [6.45, 7) is 5.16. The van der Waals surface area contributed by atoms with E-state index in [1.54, 1.807) is 24.3 Å². The van der Waals surface area contributed by atoms with Crippen LogP contribution in [0.5, 0.6) is 0 Å². The average molecular weight is 309 g/mol. The second-order valence-corrected chi connectivity index (χ2v) is 5.24. The molecule has 3 rings (SSSR count). The van der Waals surface area contributed by atoms with E-state index in [0.29, 0.717) is 17.0 Å². The van der Waals surface area contributed by atoms with Crippen molar-refractivity contribution >= 4 is 23.2 Å². The van der Waals surface area contributed by atoms with E-state index in [1.807, 2.05) is 19.9 Å². The molecule has 0 unspecified atom stereocenters. The standard InChI is InChI=1S/C16H15N5O2/c1-9-8-10(2)21-16(17-9)19-14(20-21)15(23)18-13-7-5-4-6-12(13)11(3)22/h4-8H,1-3H3,(H,18,23). The van der Waals surface area contributed by atoms with Gasteiger partial charge in [-0.25, -0.2) is 9.50 Å². The fourth-order valence-electron chi connectivity index (χ4n) is 2.34. The molecule has 7 heteroatoms. The molecule has 7 nitrogen and oxygen atoms in total. The van der Waals surface area contributed by atoms with E-state index < -0.39 is 5.91 Å². The Labute approximate surface area is 132 Å². The van der Waals surface area contributed by atoms with E-state index in [4.69, 9.17) is 0 Å². The van der Waals surface area contributed by atoms with Crippen LogP contribution in [-0.2, 0) is 0 Å². The predicted octanol–water partition coefficient (Wildman–Crippen LogP) is 2.20. The number of hydrogen-bond acceptors (Lipinski definition) is 5. The van der Waals surface area contributed by atoms with Crippen LogP contribution in [-0.4, -0.2) is 31.3 Å². The largest absolute Gasteiger partial charge is 0.319 e. The number of amides is 1. The molecule has 23 heavy (non-hydrogen) atoms. The van der Waals surface area contributed by atoms with Crippen molar-refractivity contribution in [1.82, 2.24) is 19.6 Å². The Bertz CT molecular complexity index is 929. The van der Waals surface area contributed by atoms with Gasteiger partial charge in [-0.3, -0.25) is 9.59 Å². The van der Waals surface area contributed by atoms with Crippen molar-refractivity contribution in [2.75, 3.05) is 5.32 Å². The summed E-state index contributed by atoms with van der Waals surface area (Å²) in [7, 11) is 0. The number of aromatic nitrogens is 4. The molecule has 0 spiro atoms. The molecule has 0 bridgehead atoms. The van der Waals surface area contributed by atoms with E-state index >= 15 is 0 Å². The number of fused-ring (bicyclic) bond motifs is 1. The first kappa shape index (κ1) is 14.8. The summed E-state index contributed by atoms with van der Waals surface area (Å²) in [5, 5.41) is 6.85. The van der Waals surface area contributed by atoms with Gasteiger partial charge in [0.1, 0.15) is 0 Å². The van der Waals surface area contributed by atoms with Crippen molar-refractivity contribution in [2.45, 2.75) is 20.8 Å². The fraction of sp³-hybridized carbons (Fsp3) is 0.188. The number of carbonyl (C=O) groups excluding carboxylic acids is 2. The number of ketones is 1. The third-order valence-corrected chi connectivity index (χ3v) is 3.38. The zero-order chi connectivity index (χ0) is 16.6. The minimum Gasteiger partial charge on any atom is -0.319 e. The quantitative estimate of drug-likeness (QED) is 0.749. The smallest absolute Gasteiger partial charge is 0.295 e. The number of benzene rings is 1. The highest BCUT2D eigenvalue weighted by Crippen LogP contribution is 2.16. The number of anilines is 1. The molecule has 2 aromatic heterocycles. The maximum absolute atomic E-state index is 12.4. The maximum Gasteiger partial charge on any atom is 0.295 e. The lowest BCUT2D eigenvalue weighted by Gasteiger charge is -2.06. The minimum absolute atomic E-state index is 0.00422. The third kappa shape index (κ3) is 2.80. The predicted molar refractivity (Wildman–Crippen MR) is 84.7 cm³/mol. The molecule has 3 aromatic rings. The molecule has 0 aliphatic carbocycles. The molecular formula is C16H15N5O2. The summed E-state index contributed by atoms with van der Waals surface area (Å²) in [6, 6.07) is 8.66. The highest BCUT2D eigenvalue weighted by Gasteiger charge is 2.17. The Kier molecular flexibility index (Phi) is 3.61. The first-order chi connectivity index (χ1) is 11.0. The van der Waals surface area contributed by atoms with Crippen LogP contribution in [0, 0.1) is 13.8 Å². The zero-order valence-electron chi connectivity index (χ0n) is 13.0. The average Bonchev–Trinajstić information content (AvgIpc) is 2.92. The van der Waals surface area contributed by atoms with Crippen LogP contribution in [0.2, 0.25) is 0 Å². The van der Waals surface area contributed by atoms with E-state index in [9.17, 15) is 9.59 Å². The summed E-state index contributed by atoms with van der Waals surface area (Å²) < 4.78 is 1.51. The van der Waals surface area contributed by atoms with Gasteiger partial charge >= 0.3 is 0 Å². The van der Waals surface area contributed by atoms with Crippen molar-refractivity contribution in [3.05, 3.63) is 53.1 Å². The molecule has 0 atom stereocenters. The fourth-order valence-corrected chi connectivity index (χ4v) is 2.34. The van der Waals surface area contributed by atoms with E-state index in [2.05, 4.69) is 20.4 Å². The highest BCUT2D eigenvalue weighted by molar-refractivity contribution is 6.07. The zero-order valence-corrected chi connectivity index (χ0v) is 13.0. The van der Waals surface area contributed by atoms with Gasteiger partial charge in [-0.05, 0) is 39.0 Å². The monoisotopic (exact) mass is 309 g/mol. The summed E-state index contributed by atoms with van der Waals surface area (Å²) in [6.07, 6.45) is 0. The van der Waals surface area contributed by atoms with Crippen molar-refractivity contribution in [3.8, 4) is 0 Å². The van der Waals surface area contributed by atoms with Gasteiger partial charge in [0.05, 0.1) is 5.69 Å². The van der Waals surface area contributed by atoms with Gasteiger partial charge in [-0.2, -0.15) is 4.98 Å². The molecule has 0 fully saturated rings. The molecule has 0 radical (unpaired) electrons. The number of carbonyl (C=O) groups is 2. The minimum atomic E-state index is -0.485. The Hall–Kier alpha value is -3.09.